The molecule has 2 heterocycles. The summed E-state index contributed by atoms with van der Waals surface area (Å²) in [5, 5.41) is 7.01. The summed E-state index contributed by atoms with van der Waals surface area (Å²) in [6.45, 7) is 3.36. The smallest absolute Gasteiger partial charge is 0.244 e. The van der Waals surface area contributed by atoms with Crippen LogP contribution in [-0.4, -0.2) is 36.8 Å². The predicted molar refractivity (Wildman–Crippen MR) is 79.2 cm³/mol. The lowest BCUT2D eigenvalue weighted by atomic mass is 10.3. The summed E-state index contributed by atoms with van der Waals surface area (Å²) in [5.74, 6) is 0. The fourth-order valence-electron chi connectivity index (χ4n) is 1.78. The van der Waals surface area contributed by atoms with Crippen LogP contribution in [0.4, 0.5) is 0 Å². The lowest BCUT2D eigenvalue weighted by Gasteiger charge is -2.05. The molecule has 0 saturated heterocycles. The summed E-state index contributed by atoms with van der Waals surface area (Å²) >= 11 is 0. The Morgan fingerprint density at radius 3 is 2.86 bits per heavy atom. The maximum Gasteiger partial charge on any atom is 0.244 e. The van der Waals surface area contributed by atoms with E-state index in [0.29, 0.717) is 12.2 Å². The van der Waals surface area contributed by atoms with Crippen LogP contribution in [0.25, 0.3) is 0 Å². The highest BCUT2D eigenvalue weighted by Crippen LogP contribution is 2.08. The van der Waals surface area contributed by atoms with E-state index in [4.69, 9.17) is 0 Å². The molecule has 2 aromatic heterocycles. The number of likely N-dealkylation sites (N-methyl/N-ethyl adjacent to an activating group) is 1. The van der Waals surface area contributed by atoms with Gasteiger partial charge in [0.2, 0.25) is 10.0 Å². The first-order valence-electron chi connectivity index (χ1n) is 6.60. The monoisotopic (exact) mass is 309 g/mol. The molecule has 0 aliphatic rings. The van der Waals surface area contributed by atoms with Crippen molar-refractivity contribution in [2.75, 3.05) is 13.6 Å². The van der Waals surface area contributed by atoms with Crippen molar-refractivity contribution >= 4 is 10.0 Å². The summed E-state index contributed by atoms with van der Waals surface area (Å²) < 4.78 is 28.5. The number of sulfonamides is 1. The van der Waals surface area contributed by atoms with E-state index in [1.807, 2.05) is 26.1 Å². The van der Waals surface area contributed by atoms with E-state index in [1.54, 1.807) is 10.7 Å². The molecule has 2 rings (SSSR count). The summed E-state index contributed by atoms with van der Waals surface area (Å²) in [6, 6.07) is 5.50. The molecule has 0 spiro atoms. The minimum atomic E-state index is -3.57. The summed E-state index contributed by atoms with van der Waals surface area (Å²) in [5.41, 5.74) is 1.53. The van der Waals surface area contributed by atoms with Gasteiger partial charge in [-0.3, -0.25) is 9.67 Å². The number of hydrogen-bond acceptors (Lipinski definition) is 5. The first-order chi connectivity index (χ1) is 10.0. The molecule has 0 atom stereocenters. The lowest BCUT2D eigenvalue weighted by molar-refractivity contribution is 0.575. The second kappa shape index (κ2) is 6.79. The van der Waals surface area contributed by atoms with E-state index in [-0.39, 0.29) is 11.4 Å². The zero-order valence-electron chi connectivity index (χ0n) is 12.1. The van der Waals surface area contributed by atoms with Gasteiger partial charge >= 0.3 is 0 Å². The Kier molecular flexibility index (Phi) is 5.05. The van der Waals surface area contributed by atoms with Gasteiger partial charge in [0.15, 0.2) is 0 Å². The molecule has 7 nitrogen and oxygen atoms in total. The molecular formula is C13H19N5O2S. The first-order valence-corrected chi connectivity index (χ1v) is 8.09. The summed E-state index contributed by atoms with van der Waals surface area (Å²) in [7, 11) is -1.74. The molecule has 0 radical (unpaired) electrons. The maximum atomic E-state index is 12.2. The van der Waals surface area contributed by atoms with Crippen molar-refractivity contribution in [3.05, 3.63) is 42.0 Å². The van der Waals surface area contributed by atoms with Gasteiger partial charge in [-0.25, -0.2) is 13.1 Å². The van der Waals surface area contributed by atoms with Gasteiger partial charge in [0.1, 0.15) is 4.90 Å². The molecule has 0 aliphatic heterocycles. The van der Waals surface area contributed by atoms with E-state index in [2.05, 4.69) is 20.1 Å². The molecule has 2 N–H and O–H groups in total. The van der Waals surface area contributed by atoms with E-state index < -0.39 is 10.0 Å². The molecule has 0 aromatic carbocycles. The third-order valence-electron chi connectivity index (χ3n) is 2.90. The zero-order valence-corrected chi connectivity index (χ0v) is 12.9. The summed E-state index contributed by atoms with van der Waals surface area (Å²) in [4.78, 5) is 4.42. The van der Waals surface area contributed by atoms with Crippen LogP contribution in [0, 0.1) is 6.92 Å². The highest BCUT2D eigenvalue weighted by molar-refractivity contribution is 7.89. The van der Waals surface area contributed by atoms with Crippen LogP contribution in [0.15, 0.2) is 35.5 Å². The molecule has 114 valence electrons. The van der Waals surface area contributed by atoms with Gasteiger partial charge in [-0.2, -0.15) is 5.10 Å². The number of rotatable bonds is 7. The van der Waals surface area contributed by atoms with Crippen LogP contribution in [-0.2, 0) is 23.1 Å². The molecular weight excluding hydrogens is 290 g/mol. The van der Waals surface area contributed by atoms with Crippen molar-refractivity contribution < 1.29 is 8.42 Å². The predicted octanol–water partition coefficient (Wildman–Crippen LogP) is 0.284. The van der Waals surface area contributed by atoms with E-state index in [0.717, 1.165) is 12.2 Å². The summed E-state index contributed by atoms with van der Waals surface area (Å²) in [6.07, 6.45) is 2.87. The Bertz CT molecular complexity index is 696. The van der Waals surface area contributed by atoms with Gasteiger partial charge in [-0.1, -0.05) is 6.07 Å². The van der Waals surface area contributed by atoms with Crippen molar-refractivity contribution in [2.45, 2.75) is 24.9 Å². The van der Waals surface area contributed by atoms with Crippen molar-refractivity contribution in [2.24, 2.45) is 0 Å². The van der Waals surface area contributed by atoms with Gasteiger partial charge in [0.25, 0.3) is 0 Å². The Hall–Kier alpha value is -1.77. The van der Waals surface area contributed by atoms with Gasteiger partial charge < -0.3 is 5.32 Å². The van der Waals surface area contributed by atoms with Crippen LogP contribution in [0.5, 0.6) is 0 Å². The minimum absolute atomic E-state index is 0.158. The second-order valence-electron chi connectivity index (χ2n) is 4.64. The van der Waals surface area contributed by atoms with E-state index in [1.165, 1.54) is 12.4 Å². The molecule has 21 heavy (non-hydrogen) atoms. The SMILES string of the molecule is CNCCn1cc(S(=O)(=O)NCc2cccc(C)n2)cn1. The van der Waals surface area contributed by atoms with Gasteiger partial charge in [0, 0.05) is 18.4 Å². The Balaban J connectivity index is 2.02. The van der Waals surface area contributed by atoms with E-state index in [9.17, 15) is 8.42 Å². The minimum Gasteiger partial charge on any atom is -0.318 e. The largest absolute Gasteiger partial charge is 0.318 e. The fraction of sp³-hybridized carbons (Fsp3) is 0.385. The zero-order chi connectivity index (χ0) is 15.3. The highest BCUT2D eigenvalue weighted by atomic mass is 32.2. The molecule has 8 heteroatoms. The van der Waals surface area contributed by atoms with Gasteiger partial charge in [-0.15, -0.1) is 0 Å². The van der Waals surface area contributed by atoms with E-state index >= 15 is 0 Å². The first kappa shape index (κ1) is 15.6. The molecule has 0 aliphatic carbocycles. The van der Waals surface area contributed by atoms with Crippen molar-refractivity contribution in [3.63, 3.8) is 0 Å². The van der Waals surface area contributed by atoms with Crippen molar-refractivity contribution in [3.8, 4) is 0 Å². The van der Waals surface area contributed by atoms with Crippen LogP contribution >= 0.6 is 0 Å². The van der Waals surface area contributed by atoms with Gasteiger partial charge in [-0.05, 0) is 26.1 Å². The molecule has 0 fully saturated rings. The average Bonchev–Trinajstić information content (AvgIpc) is 2.93. The Labute approximate surface area is 124 Å². The number of aromatic nitrogens is 3. The maximum absolute atomic E-state index is 12.2. The third kappa shape index (κ3) is 4.35. The number of hydrogen-bond donors (Lipinski definition) is 2. The topological polar surface area (TPSA) is 88.9 Å². The van der Waals surface area contributed by atoms with Crippen LogP contribution in [0.3, 0.4) is 0 Å². The molecule has 0 saturated carbocycles. The van der Waals surface area contributed by atoms with Crippen LogP contribution in [0.1, 0.15) is 11.4 Å². The van der Waals surface area contributed by atoms with Crippen LogP contribution < -0.4 is 10.0 Å². The fourth-order valence-corrected chi connectivity index (χ4v) is 2.73. The molecule has 2 aromatic rings. The standard InChI is InChI=1S/C13H19N5O2S/c1-11-4-3-5-12(17-11)8-16-21(19,20)13-9-15-18(10-13)7-6-14-2/h3-5,9-10,14,16H,6-8H2,1-2H3. The highest BCUT2D eigenvalue weighted by Gasteiger charge is 2.16. The lowest BCUT2D eigenvalue weighted by Crippen LogP contribution is -2.23. The number of pyridine rings is 1. The molecule has 0 bridgehead atoms. The third-order valence-corrected chi connectivity index (χ3v) is 4.26. The number of aryl methyl sites for hydroxylation is 1. The Morgan fingerprint density at radius 1 is 1.33 bits per heavy atom. The Morgan fingerprint density at radius 2 is 2.14 bits per heavy atom. The van der Waals surface area contributed by atoms with Gasteiger partial charge in [0.05, 0.1) is 25.0 Å². The average molecular weight is 309 g/mol. The quantitative estimate of drug-likeness (QED) is 0.767. The number of nitrogens with zero attached hydrogens (tertiary/aromatic N) is 3. The van der Waals surface area contributed by atoms with Crippen LogP contribution in [0.2, 0.25) is 0 Å². The molecule has 0 unspecified atom stereocenters. The number of nitrogens with one attached hydrogen (secondary N) is 2. The normalized spacial score (nSPS) is 11.7. The van der Waals surface area contributed by atoms with Crippen molar-refractivity contribution in [1.82, 2.24) is 24.8 Å². The molecule has 0 amide bonds. The van der Waals surface area contributed by atoms with Crippen molar-refractivity contribution in [1.29, 1.82) is 0 Å². The second-order valence-corrected chi connectivity index (χ2v) is 6.40.